The Bertz CT molecular complexity index is 597. The van der Waals surface area contributed by atoms with Gasteiger partial charge in [0.15, 0.2) is 5.16 Å². The molecule has 2 heterocycles. The number of thiophene rings is 1. The van der Waals surface area contributed by atoms with Crippen LogP contribution >= 0.6 is 39.0 Å². The van der Waals surface area contributed by atoms with Crippen LogP contribution in [0.2, 0.25) is 0 Å². The standard InChI is InChI=1S/C12H14BrN3O2S2/c1-2-3-10-14-15-12(19-7-11(17)18)16(10)6-8-4-5-9(13)20-8/h4-5H,2-3,6-7H2,1H3,(H,17,18). The van der Waals surface area contributed by atoms with Crippen LogP contribution in [0, 0.1) is 0 Å². The number of nitrogens with zero attached hydrogens (tertiary/aromatic N) is 3. The van der Waals surface area contributed by atoms with Gasteiger partial charge in [-0.15, -0.1) is 21.5 Å². The molecule has 2 aromatic rings. The van der Waals surface area contributed by atoms with Gasteiger partial charge in [0.1, 0.15) is 5.82 Å². The molecule has 0 amide bonds. The monoisotopic (exact) mass is 375 g/mol. The van der Waals surface area contributed by atoms with E-state index in [0.29, 0.717) is 11.7 Å². The van der Waals surface area contributed by atoms with Crippen LogP contribution < -0.4 is 0 Å². The fourth-order valence-electron chi connectivity index (χ4n) is 1.71. The van der Waals surface area contributed by atoms with Crippen LogP contribution in [-0.2, 0) is 17.8 Å². The second kappa shape index (κ2) is 7.24. The highest BCUT2D eigenvalue weighted by Crippen LogP contribution is 2.25. The number of rotatable bonds is 7. The van der Waals surface area contributed by atoms with Crippen molar-refractivity contribution in [2.24, 2.45) is 0 Å². The van der Waals surface area contributed by atoms with E-state index in [9.17, 15) is 4.79 Å². The summed E-state index contributed by atoms with van der Waals surface area (Å²) >= 11 is 6.32. The summed E-state index contributed by atoms with van der Waals surface area (Å²) in [7, 11) is 0. The van der Waals surface area contributed by atoms with Crippen LogP contribution in [0.15, 0.2) is 21.1 Å². The molecule has 0 saturated heterocycles. The number of aliphatic carboxylic acids is 1. The zero-order valence-corrected chi connectivity index (χ0v) is 14.1. The maximum Gasteiger partial charge on any atom is 0.313 e. The van der Waals surface area contributed by atoms with E-state index in [2.05, 4.69) is 39.1 Å². The number of halogens is 1. The van der Waals surface area contributed by atoms with Crippen molar-refractivity contribution in [2.45, 2.75) is 31.5 Å². The Hall–Kier alpha value is -0.860. The fraction of sp³-hybridized carbons (Fsp3) is 0.417. The number of carboxylic acids is 1. The molecule has 0 saturated carbocycles. The van der Waals surface area contributed by atoms with Crippen molar-refractivity contribution in [2.75, 3.05) is 5.75 Å². The van der Waals surface area contributed by atoms with Gasteiger partial charge in [-0.05, 0) is 34.5 Å². The van der Waals surface area contributed by atoms with Crippen LogP contribution in [0.1, 0.15) is 24.0 Å². The molecule has 20 heavy (non-hydrogen) atoms. The summed E-state index contributed by atoms with van der Waals surface area (Å²) in [4.78, 5) is 11.9. The quantitative estimate of drug-likeness (QED) is 0.752. The van der Waals surface area contributed by atoms with Crippen LogP contribution in [0.4, 0.5) is 0 Å². The molecule has 8 heteroatoms. The van der Waals surface area contributed by atoms with Gasteiger partial charge < -0.3 is 9.67 Å². The summed E-state index contributed by atoms with van der Waals surface area (Å²) < 4.78 is 3.09. The van der Waals surface area contributed by atoms with Gasteiger partial charge in [0, 0.05) is 11.3 Å². The molecule has 2 aromatic heterocycles. The van der Waals surface area contributed by atoms with Gasteiger partial charge in [0.2, 0.25) is 0 Å². The Morgan fingerprint density at radius 3 is 2.90 bits per heavy atom. The lowest BCUT2D eigenvalue weighted by Gasteiger charge is -2.07. The number of hydrogen-bond donors (Lipinski definition) is 1. The van der Waals surface area contributed by atoms with Gasteiger partial charge in [0.25, 0.3) is 0 Å². The third kappa shape index (κ3) is 4.07. The lowest BCUT2D eigenvalue weighted by Crippen LogP contribution is -2.07. The largest absolute Gasteiger partial charge is 0.481 e. The van der Waals surface area contributed by atoms with E-state index in [1.54, 1.807) is 11.3 Å². The van der Waals surface area contributed by atoms with Gasteiger partial charge in [-0.25, -0.2) is 0 Å². The Balaban J connectivity index is 2.21. The molecule has 1 N–H and O–H groups in total. The molecule has 2 rings (SSSR count). The summed E-state index contributed by atoms with van der Waals surface area (Å²) in [5.41, 5.74) is 0. The van der Waals surface area contributed by atoms with Crippen LogP contribution in [-0.4, -0.2) is 31.6 Å². The second-order valence-corrected chi connectivity index (χ2v) is 7.61. The summed E-state index contributed by atoms with van der Waals surface area (Å²) in [6.07, 6.45) is 1.82. The van der Waals surface area contributed by atoms with E-state index in [4.69, 9.17) is 5.11 Å². The molecule has 0 aliphatic rings. The zero-order chi connectivity index (χ0) is 14.5. The molecule has 0 aliphatic carbocycles. The smallest absolute Gasteiger partial charge is 0.313 e. The van der Waals surface area contributed by atoms with Gasteiger partial charge in [-0.2, -0.15) is 0 Å². The average molecular weight is 376 g/mol. The molecule has 5 nitrogen and oxygen atoms in total. The van der Waals surface area contributed by atoms with Gasteiger partial charge in [-0.3, -0.25) is 4.79 Å². The highest BCUT2D eigenvalue weighted by molar-refractivity contribution is 9.11. The first-order valence-electron chi connectivity index (χ1n) is 6.11. The summed E-state index contributed by atoms with van der Waals surface area (Å²) in [5.74, 6) is 0.0589. The van der Waals surface area contributed by atoms with Crippen LogP contribution in [0.25, 0.3) is 0 Å². The van der Waals surface area contributed by atoms with E-state index in [1.165, 1.54) is 16.6 Å². The van der Waals surface area contributed by atoms with E-state index in [1.807, 2.05) is 10.6 Å². The zero-order valence-electron chi connectivity index (χ0n) is 10.9. The number of carbonyl (C=O) groups is 1. The normalized spacial score (nSPS) is 10.9. The molecule has 0 atom stereocenters. The van der Waals surface area contributed by atoms with E-state index in [-0.39, 0.29) is 5.75 Å². The second-order valence-electron chi connectivity index (χ2n) is 4.12. The molecule has 0 unspecified atom stereocenters. The minimum absolute atomic E-state index is 0.00159. The number of thioether (sulfide) groups is 1. The van der Waals surface area contributed by atoms with Crippen molar-refractivity contribution in [1.29, 1.82) is 0 Å². The van der Waals surface area contributed by atoms with Crippen molar-refractivity contribution in [3.8, 4) is 0 Å². The number of aromatic nitrogens is 3. The maximum atomic E-state index is 10.7. The average Bonchev–Trinajstić information content (AvgIpc) is 2.96. The summed E-state index contributed by atoms with van der Waals surface area (Å²) in [6, 6.07) is 4.06. The van der Waals surface area contributed by atoms with E-state index >= 15 is 0 Å². The molecule has 0 bridgehead atoms. The van der Waals surface area contributed by atoms with Crippen LogP contribution in [0.5, 0.6) is 0 Å². The van der Waals surface area contributed by atoms with Crippen molar-refractivity contribution in [1.82, 2.24) is 14.8 Å². The summed E-state index contributed by atoms with van der Waals surface area (Å²) in [6.45, 7) is 2.77. The predicted molar refractivity (Wildman–Crippen MR) is 83.5 cm³/mol. The first kappa shape index (κ1) is 15.5. The molecular formula is C12H14BrN3O2S2. The Kier molecular flexibility index (Phi) is 5.62. The van der Waals surface area contributed by atoms with Gasteiger partial charge in [0.05, 0.1) is 16.1 Å². The minimum atomic E-state index is -0.847. The number of carboxylic acid groups (broad SMARTS) is 1. The summed E-state index contributed by atoms with van der Waals surface area (Å²) in [5, 5.41) is 17.7. The topological polar surface area (TPSA) is 68.0 Å². The first-order chi connectivity index (χ1) is 9.60. The third-order valence-corrected chi connectivity index (χ3v) is 5.09. The number of aryl methyl sites for hydroxylation is 1. The Labute approximate surface area is 133 Å². The van der Waals surface area contributed by atoms with Crippen molar-refractivity contribution >= 4 is 45.0 Å². The van der Waals surface area contributed by atoms with E-state index in [0.717, 1.165) is 22.5 Å². The highest BCUT2D eigenvalue weighted by atomic mass is 79.9. The molecule has 0 aromatic carbocycles. The number of hydrogen-bond acceptors (Lipinski definition) is 5. The molecule has 0 aliphatic heterocycles. The van der Waals surface area contributed by atoms with Crippen molar-refractivity contribution < 1.29 is 9.90 Å². The molecule has 0 radical (unpaired) electrons. The predicted octanol–water partition coefficient (Wildman–Crippen LogP) is 3.28. The molecule has 108 valence electrons. The maximum absolute atomic E-state index is 10.7. The third-order valence-electron chi connectivity index (χ3n) is 2.53. The van der Waals surface area contributed by atoms with Crippen LogP contribution in [0.3, 0.4) is 0 Å². The van der Waals surface area contributed by atoms with Crippen molar-refractivity contribution in [3.05, 3.63) is 26.6 Å². The SMILES string of the molecule is CCCc1nnc(SCC(=O)O)n1Cc1ccc(Br)s1. The van der Waals surface area contributed by atoms with E-state index < -0.39 is 5.97 Å². The first-order valence-corrected chi connectivity index (χ1v) is 8.70. The van der Waals surface area contributed by atoms with Gasteiger partial charge in [-0.1, -0.05) is 18.7 Å². The van der Waals surface area contributed by atoms with Crippen molar-refractivity contribution in [3.63, 3.8) is 0 Å². The lowest BCUT2D eigenvalue weighted by atomic mass is 10.3. The fourth-order valence-corrected chi connectivity index (χ4v) is 3.86. The molecule has 0 fully saturated rings. The minimum Gasteiger partial charge on any atom is -0.481 e. The van der Waals surface area contributed by atoms with Gasteiger partial charge >= 0.3 is 5.97 Å². The Morgan fingerprint density at radius 2 is 2.30 bits per heavy atom. The highest BCUT2D eigenvalue weighted by Gasteiger charge is 2.14. The lowest BCUT2D eigenvalue weighted by molar-refractivity contribution is -0.133. The molecular weight excluding hydrogens is 362 g/mol. The molecule has 0 spiro atoms. The Morgan fingerprint density at radius 1 is 1.50 bits per heavy atom.